The molecule has 218 valence electrons. The lowest BCUT2D eigenvalue weighted by molar-refractivity contribution is 0.0734. The van der Waals surface area contributed by atoms with Crippen LogP contribution in [0.25, 0.3) is 0 Å². The summed E-state index contributed by atoms with van der Waals surface area (Å²) in [4.78, 5) is 12.9. The Labute approximate surface area is 252 Å². The number of hydrogen-bond acceptors (Lipinski definition) is 7. The maximum atomic E-state index is 12.9. The van der Waals surface area contributed by atoms with Crippen molar-refractivity contribution in [2.24, 2.45) is 5.73 Å². The Morgan fingerprint density at radius 3 is 2.33 bits per heavy atom. The molecule has 0 bridgehead atoms. The molecule has 0 aliphatic carbocycles. The average molecular weight is 575 g/mol. The number of aryl methyl sites for hydroxylation is 1. The van der Waals surface area contributed by atoms with Gasteiger partial charge in [-0.1, -0.05) is 74.9 Å². The first kappa shape index (κ1) is 29.3. The molecule has 1 aliphatic rings. The van der Waals surface area contributed by atoms with E-state index in [4.69, 9.17) is 24.7 Å². The highest BCUT2D eigenvalue weighted by Crippen LogP contribution is 2.45. The molecular formula is C36H34N2O5. The van der Waals surface area contributed by atoms with Crippen LogP contribution in [0.2, 0.25) is 0 Å². The van der Waals surface area contributed by atoms with Gasteiger partial charge in [0.2, 0.25) is 5.88 Å². The van der Waals surface area contributed by atoms with Crippen LogP contribution in [-0.4, -0.2) is 13.1 Å². The van der Waals surface area contributed by atoms with Gasteiger partial charge in [0.25, 0.3) is 0 Å². The van der Waals surface area contributed by atoms with Gasteiger partial charge < -0.3 is 24.7 Å². The molecule has 7 heteroatoms. The van der Waals surface area contributed by atoms with Crippen molar-refractivity contribution < 1.29 is 23.7 Å². The summed E-state index contributed by atoms with van der Waals surface area (Å²) in [5.74, 6) is 0.772. The van der Waals surface area contributed by atoms with E-state index < -0.39 is 11.9 Å². The Balaban J connectivity index is 1.40. The Morgan fingerprint density at radius 1 is 0.953 bits per heavy atom. The fourth-order valence-corrected chi connectivity index (χ4v) is 4.94. The fraction of sp³-hybridized carbons (Fsp3) is 0.222. The van der Waals surface area contributed by atoms with Crippen molar-refractivity contribution in [1.82, 2.24) is 0 Å². The van der Waals surface area contributed by atoms with E-state index in [2.05, 4.69) is 26.8 Å². The second-order valence-electron chi connectivity index (χ2n) is 11.5. The van der Waals surface area contributed by atoms with Gasteiger partial charge in [0.15, 0.2) is 11.5 Å². The second kappa shape index (κ2) is 11.9. The third-order valence-electron chi connectivity index (χ3n) is 7.42. The molecular weight excluding hydrogens is 540 g/mol. The molecule has 0 amide bonds. The van der Waals surface area contributed by atoms with Crippen LogP contribution in [0.3, 0.4) is 0 Å². The number of carbonyl (C=O) groups is 1. The number of nitrogens with two attached hydrogens (primary N) is 1. The van der Waals surface area contributed by atoms with Gasteiger partial charge in [0, 0.05) is 11.6 Å². The van der Waals surface area contributed by atoms with Crippen LogP contribution in [0.5, 0.6) is 23.0 Å². The molecule has 1 heterocycles. The van der Waals surface area contributed by atoms with Gasteiger partial charge in [-0.15, -0.1) is 0 Å². The first-order valence-corrected chi connectivity index (χ1v) is 14.0. The maximum Gasteiger partial charge on any atom is 0.343 e. The largest absolute Gasteiger partial charge is 0.493 e. The third-order valence-corrected chi connectivity index (χ3v) is 7.42. The number of carbonyl (C=O) groups excluding carboxylic acids is 1. The summed E-state index contributed by atoms with van der Waals surface area (Å²) >= 11 is 0. The summed E-state index contributed by atoms with van der Waals surface area (Å²) < 4.78 is 23.2. The topological polar surface area (TPSA) is 104 Å². The van der Waals surface area contributed by atoms with Gasteiger partial charge >= 0.3 is 5.97 Å². The molecule has 0 aromatic heterocycles. The predicted molar refractivity (Wildman–Crippen MR) is 164 cm³/mol. The lowest BCUT2D eigenvalue weighted by atomic mass is 9.83. The summed E-state index contributed by atoms with van der Waals surface area (Å²) in [6.07, 6.45) is 0. The number of esters is 1. The fourth-order valence-electron chi connectivity index (χ4n) is 4.94. The van der Waals surface area contributed by atoms with Crippen LogP contribution < -0.4 is 24.7 Å². The van der Waals surface area contributed by atoms with Crippen LogP contribution in [-0.2, 0) is 12.0 Å². The number of hydrogen-bond donors (Lipinski definition) is 1. The van der Waals surface area contributed by atoms with E-state index >= 15 is 0 Å². The molecule has 5 rings (SSSR count). The number of methoxy groups -OCH3 is 1. The molecule has 1 unspecified atom stereocenters. The van der Waals surface area contributed by atoms with Crippen molar-refractivity contribution in [3.8, 4) is 29.1 Å². The van der Waals surface area contributed by atoms with Gasteiger partial charge in [-0.2, -0.15) is 5.26 Å². The molecule has 0 saturated heterocycles. The molecule has 0 radical (unpaired) electrons. The van der Waals surface area contributed by atoms with Gasteiger partial charge in [-0.05, 0) is 59.4 Å². The number of nitrogens with zero attached hydrogens (tertiary/aromatic N) is 1. The van der Waals surface area contributed by atoms with Crippen LogP contribution in [0, 0.1) is 18.3 Å². The van der Waals surface area contributed by atoms with Gasteiger partial charge in [0.1, 0.15) is 29.7 Å². The SMILES string of the molecule is COc1cc(C2C(C#N)=C(N)Oc3cc(OC(=O)c4ccc(C(C)(C)C)cc4)ccc32)ccc1OCc1ccc(C)cc1. The van der Waals surface area contributed by atoms with Gasteiger partial charge in [-0.25, -0.2) is 4.79 Å². The van der Waals surface area contributed by atoms with E-state index in [0.29, 0.717) is 40.7 Å². The number of rotatable bonds is 7. The lowest BCUT2D eigenvalue weighted by Crippen LogP contribution is -2.21. The zero-order chi connectivity index (χ0) is 30.7. The van der Waals surface area contributed by atoms with Crippen LogP contribution >= 0.6 is 0 Å². The Kier molecular flexibility index (Phi) is 8.13. The standard InChI is InChI=1S/C36H34N2O5/c1-22-6-8-23(9-7-22)21-41-30-17-12-25(18-32(30)40-5)33-28-16-15-27(19-31(28)43-34(38)29(33)20-37)42-35(39)24-10-13-26(14-11-24)36(2,3)4/h6-19,33H,21,38H2,1-5H3. The Morgan fingerprint density at radius 2 is 1.67 bits per heavy atom. The van der Waals surface area contributed by atoms with Crippen molar-refractivity contribution in [2.45, 2.75) is 45.6 Å². The summed E-state index contributed by atoms with van der Waals surface area (Å²) in [6.45, 7) is 8.77. The molecule has 1 aliphatic heterocycles. The van der Waals surface area contributed by atoms with Crippen LogP contribution in [0.4, 0.5) is 0 Å². The summed E-state index contributed by atoms with van der Waals surface area (Å²) in [5.41, 5.74) is 11.7. The second-order valence-corrected chi connectivity index (χ2v) is 11.5. The number of nitriles is 1. The molecule has 0 saturated carbocycles. The predicted octanol–water partition coefficient (Wildman–Crippen LogP) is 7.32. The molecule has 4 aromatic rings. The number of ether oxygens (including phenoxy) is 4. The molecule has 4 aromatic carbocycles. The highest BCUT2D eigenvalue weighted by molar-refractivity contribution is 5.91. The first-order chi connectivity index (χ1) is 20.6. The van der Waals surface area contributed by atoms with E-state index in [1.807, 2.05) is 61.5 Å². The molecule has 1 atom stereocenters. The maximum absolute atomic E-state index is 12.9. The molecule has 2 N–H and O–H groups in total. The molecule has 43 heavy (non-hydrogen) atoms. The molecule has 7 nitrogen and oxygen atoms in total. The Hall–Kier alpha value is -5.22. The van der Waals surface area contributed by atoms with E-state index in [-0.39, 0.29) is 16.9 Å². The normalized spacial score (nSPS) is 14.3. The zero-order valence-corrected chi connectivity index (χ0v) is 24.9. The van der Waals surface area contributed by atoms with E-state index in [9.17, 15) is 10.1 Å². The highest BCUT2D eigenvalue weighted by Gasteiger charge is 2.32. The average Bonchev–Trinajstić information content (AvgIpc) is 2.99. The van der Waals surface area contributed by atoms with Gasteiger partial charge in [-0.3, -0.25) is 0 Å². The Bertz CT molecular complexity index is 1730. The van der Waals surface area contributed by atoms with Gasteiger partial charge in [0.05, 0.1) is 18.6 Å². The number of benzene rings is 4. The van der Waals surface area contributed by atoms with Crippen molar-refractivity contribution in [3.05, 3.63) is 130 Å². The number of fused-ring (bicyclic) bond motifs is 1. The van der Waals surface area contributed by atoms with E-state index in [1.165, 1.54) is 5.56 Å². The van der Waals surface area contributed by atoms with Crippen molar-refractivity contribution in [1.29, 1.82) is 5.26 Å². The molecule has 0 spiro atoms. The smallest absolute Gasteiger partial charge is 0.343 e. The summed E-state index contributed by atoms with van der Waals surface area (Å²) in [5, 5.41) is 10.0. The van der Waals surface area contributed by atoms with E-state index in [0.717, 1.165) is 16.7 Å². The van der Waals surface area contributed by atoms with Crippen molar-refractivity contribution in [2.75, 3.05) is 7.11 Å². The number of allylic oxidation sites excluding steroid dienone is 1. The monoisotopic (exact) mass is 574 g/mol. The molecule has 0 fully saturated rings. The van der Waals surface area contributed by atoms with Crippen molar-refractivity contribution in [3.63, 3.8) is 0 Å². The van der Waals surface area contributed by atoms with Crippen molar-refractivity contribution >= 4 is 5.97 Å². The van der Waals surface area contributed by atoms with Crippen LogP contribution in [0.15, 0.2) is 96.4 Å². The minimum absolute atomic E-state index is 0.0140. The summed E-state index contributed by atoms with van der Waals surface area (Å²) in [6, 6.07) is 28.3. The first-order valence-electron chi connectivity index (χ1n) is 14.0. The summed E-state index contributed by atoms with van der Waals surface area (Å²) in [7, 11) is 1.57. The zero-order valence-electron chi connectivity index (χ0n) is 24.9. The lowest BCUT2D eigenvalue weighted by Gasteiger charge is -2.27. The van der Waals surface area contributed by atoms with Crippen LogP contribution in [0.1, 0.15) is 64.9 Å². The van der Waals surface area contributed by atoms with E-state index in [1.54, 1.807) is 37.4 Å². The quantitative estimate of drug-likeness (QED) is 0.182. The third kappa shape index (κ3) is 6.34. The minimum Gasteiger partial charge on any atom is -0.493 e. The minimum atomic E-state index is -0.525. The highest BCUT2D eigenvalue weighted by atomic mass is 16.5.